The highest BCUT2D eigenvalue weighted by atomic mass is 35.5. The second-order valence-corrected chi connectivity index (χ2v) is 7.83. The van der Waals surface area contributed by atoms with E-state index in [1.807, 2.05) is 13.1 Å². The van der Waals surface area contributed by atoms with Gasteiger partial charge < -0.3 is 5.32 Å². The largest absolute Gasteiger partial charge is 0.317 e. The Morgan fingerprint density at radius 2 is 2.00 bits per heavy atom. The molecule has 1 aromatic carbocycles. The van der Waals surface area contributed by atoms with E-state index in [0.29, 0.717) is 22.4 Å². The summed E-state index contributed by atoms with van der Waals surface area (Å²) in [5.74, 6) is 0.935. The van der Waals surface area contributed by atoms with Crippen LogP contribution in [0.5, 0.6) is 0 Å². The van der Waals surface area contributed by atoms with Crippen molar-refractivity contribution in [2.45, 2.75) is 52.5 Å². The Morgan fingerprint density at radius 3 is 2.62 bits per heavy atom. The molecule has 0 aromatic heterocycles. The second kappa shape index (κ2) is 6.66. The van der Waals surface area contributed by atoms with Crippen molar-refractivity contribution in [1.82, 2.24) is 5.32 Å². The van der Waals surface area contributed by atoms with Gasteiger partial charge in [-0.3, -0.25) is 0 Å². The highest BCUT2D eigenvalue weighted by Crippen LogP contribution is 2.41. The lowest BCUT2D eigenvalue weighted by Crippen LogP contribution is -2.42. The van der Waals surface area contributed by atoms with Crippen molar-refractivity contribution in [2.75, 3.05) is 7.05 Å². The molecule has 3 heteroatoms. The zero-order chi connectivity index (χ0) is 15.6. The topological polar surface area (TPSA) is 12.0 Å². The number of hydrogen-bond acceptors (Lipinski definition) is 1. The van der Waals surface area contributed by atoms with Crippen LogP contribution < -0.4 is 5.32 Å². The van der Waals surface area contributed by atoms with Gasteiger partial charge in [-0.25, -0.2) is 4.39 Å². The highest BCUT2D eigenvalue weighted by Gasteiger charge is 2.35. The molecule has 1 aliphatic carbocycles. The molecule has 1 saturated carbocycles. The van der Waals surface area contributed by atoms with E-state index >= 15 is 0 Å². The third-order valence-electron chi connectivity index (χ3n) is 5.09. The van der Waals surface area contributed by atoms with Gasteiger partial charge in [-0.05, 0) is 61.6 Å². The monoisotopic (exact) mass is 311 g/mol. The maximum absolute atomic E-state index is 13.6. The molecule has 3 unspecified atom stereocenters. The standard InChI is InChI=1S/C18H27ClFN/c1-18(2,3)14-8-9-16(21-4)13(11-14)10-12-6-5-7-15(20)17(12)19/h5-7,13-14,16,21H,8-11H2,1-4H3. The van der Waals surface area contributed by atoms with Crippen molar-refractivity contribution >= 4 is 11.6 Å². The Balaban J connectivity index is 2.16. The van der Waals surface area contributed by atoms with Gasteiger partial charge in [0, 0.05) is 6.04 Å². The summed E-state index contributed by atoms with van der Waals surface area (Å²) in [5.41, 5.74) is 1.28. The lowest BCUT2D eigenvalue weighted by atomic mass is 9.66. The SMILES string of the molecule is CNC1CCC(C(C)(C)C)CC1Cc1cccc(F)c1Cl. The van der Waals surface area contributed by atoms with Crippen LogP contribution in [0, 0.1) is 23.1 Å². The van der Waals surface area contributed by atoms with Gasteiger partial charge in [0.05, 0.1) is 5.02 Å². The van der Waals surface area contributed by atoms with Crippen LogP contribution in [-0.4, -0.2) is 13.1 Å². The van der Waals surface area contributed by atoms with E-state index in [-0.39, 0.29) is 5.82 Å². The smallest absolute Gasteiger partial charge is 0.142 e. The summed E-state index contributed by atoms with van der Waals surface area (Å²) in [4.78, 5) is 0. The Kier molecular flexibility index (Phi) is 5.32. The summed E-state index contributed by atoms with van der Waals surface area (Å²) in [6, 6.07) is 5.65. The maximum Gasteiger partial charge on any atom is 0.142 e. The van der Waals surface area contributed by atoms with Gasteiger partial charge in [-0.1, -0.05) is 44.5 Å². The Labute approximate surface area is 133 Å². The van der Waals surface area contributed by atoms with Crippen molar-refractivity contribution in [3.8, 4) is 0 Å². The first-order chi connectivity index (χ1) is 9.82. The molecule has 3 atom stereocenters. The van der Waals surface area contributed by atoms with Gasteiger partial charge in [0.25, 0.3) is 0 Å². The summed E-state index contributed by atoms with van der Waals surface area (Å²) in [5, 5.41) is 3.74. The molecule has 0 spiro atoms. The van der Waals surface area contributed by atoms with Crippen molar-refractivity contribution in [3.63, 3.8) is 0 Å². The van der Waals surface area contributed by atoms with Crippen LogP contribution in [-0.2, 0) is 6.42 Å². The minimum Gasteiger partial charge on any atom is -0.317 e. The maximum atomic E-state index is 13.6. The van der Waals surface area contributed by atoms with Gasteiger partial charge in [-0.15, -0.1) is 0 Å². The first-order valence-corrected chi connectivity index (χ1v) is 8.31. The van der Waals surface area contributed by atoms with Crippen LogP contribution in [0.4, 0.5) is 4.39 Å². The van der Waals surface area contributed by atoms with Crippen LogP contribution in [0.3, 0.4) is 0 Å². The van der Waals surface area contributed by atoms with E-state index in [9.17, 15) is 4.39 Å². The predicted octanol–water partition coefficient (Wildman–Crippen LogP) is 5.07. The normalized spacial score (nSPS) is 26.9. The minimum absolute atomic E-state index is 0.297. The third kappa shape index (κ3) is 3.98. The van der Waals surface area contributed by atoms with Crippen molar-refractivity contribution in [2.24, 2.45) is 17.3 Å². The van der Waals surface area contributed by atoms with Gasteiger partial charge in [0.2, 0.25) is 0 Å². The van der Waals surface area contributed by atoms with E-state index in [0.717, 1.165) is 17.9 Å². The molecular weight excluding hydrogens is 285 g/mol. The molecule has 21 heavy (non-hydrogen) atoms. The number of nitrogens with one attached hydrogen (secondary N) is 1. The van der Waals surface area contributed by atoms with E-state index in [2.05, 4.69) is 26.1 Å². The van der Waals surface area contributed by atoms with Crippen molar-refractivity contribution in [1.29, 1.82) is 0 Å². The van der Waals surface area contributed by atoms with Crippen LogP contribution in [0.15, 0.2) is 18.2 Å². The summed E-state index contributed by atoms with van der Waals surface area (Å²) in [6.45, 7) is 6.97. The number of rotatable bonds is 3. The summed E-state index contributed by atoms with van der Waals surface area (Å²) >= 11 is 6.13. The molecule has 1 N–H and O–H groups in total. The zero-order valence-corrected chi connectivity index (χ0v) is 14.3. The Morgan fingerprint density at radius 1 is 1.29 bits per heavy atom. The average molecular weight is 312 g/mol. The molecule has 1 aliphatic rings. The van der Waals surface area contributed by atoms with E-state index in [1.165, 1.54) is 25.3 Å². The summed E-state index contributed by atoms with van der Waals surface area (Å²) < 4.78 is 13.6. The quantitative estimate of drug-likeness (QED) is 0.821. The third-order valence-corrected chi connectivity index (χ3v) is 5.51. The van der Waals surface area contributed by atoms with Gasteiger partial charge in [0.15, 0.2) is 0 Å². The molecule has 0 amide bonds. The molecule has 0 saturated heterocycles. The van der Waals surface area contributed by atoms with Crippen LogP contribution in [0.2, 0.25) is 5.02 Å². The lowest BCUT2D eigenvalue weighted by molar-refractivity contribution is 0.116. The Hall–Kier alpha value is -0.600. The molecule has 118 valence electrons. The van der Waals surface area contributed by atoms with Crippen LogP contribution >= 0.6 is 11.6 Å². The van der Waals surface area contributed by atoms with Crippen molar-refractivity contribution < 1.29 is 4.39 Å². The highest BCUT2D eigenvalue weighted by molar-refractivity contribution is 6.31. The predicted molar refractivity (Wildman–Crippen MR) is 88.2 cm³/mol. The fourth-order valence-electron chi connectivity index (χ4n) is 3.64. The molecule has 1 nitrogen and oxygen atoms in total. The summed E-state index contributed by atoms with van der Waals surface area (Å²) in [7, 11) is 2.03. The first-order valence-electron chi connectivity index (χ1n) is 7.93. The van der Waals surface area contributed by atoms with Gasteiger partial charge in [0.1, 0.15) is 5.82 Å². The second-order valence-electron chi connectivity index (χ2n) is 7.45. The molecule has 0 heterocycles. The van der Waals surface area contributed by atoms with Crippen molar-refractivity contribution in [3.05, 3.63) is 34.6 Å². The van der Waals surface area contributed by atoms with Crippen LogP contribution in [0.1, 0.15) is 45.6 Å². The zero-order valence-electron chi connectivity index (χ0n) is 13.5. The fourth-order valence-corrected chi connectivity index (χ4v) is 3.85. The number of benzene rings is 1. The average Bonchev–Trinajstić information content (AvgIpc) is 2.43. The molecule has 0 aliphatic heterocycles. The molecular formula is C18H27ClFN. The first kappa shape index (κ1) is 16.8. The van der Waals surface area contributed by atoms with E-state index in [1.54, 1.807) is 6.07 Å². The van der Waals surface area contributed by atoms with E-state index < -0.39 is 0 Å². The fraction of sp³-hybridized carbons (Fsp3) is 0.667. The van der Waals surface area contributed by atoms with E-state index in [4.69, 9.17) is 11.6 Å². The lowest BCUT2D eigenvalue weighted by Gasteiger charge is -2.42. The molecule has 2 rings (SSSR count). The minimum atomic E-state index is -0.307. The van der Waals surface area contributed by atoms with Gasteiger partial charge in [-0.2, -0.15) is 0 Å². The summed E-state index contributed by atoms with van der Waals surface area (Å²) in [6.07, 6.45) is 4.49. The van der Waals surface area contributed by atoms with Gasteiger partial charge >= 0.3 is 0 Å². The molecule has 0 radical (unpaired) electrons. The molecule has 0 bridgehead atoms. The molecule has 1 aromatic rings. The number of hydrogen-bond donors (Lipinski definition) is 1. The Bertz CT molecular complexity index is 481. The molecule has 1 fully saturated rings. The van der Waals surface area contributed by atoms with Crippen LogP contribution in [0.25, 0.3) is 0 Å². The number of halogens is 2.